The molecule has 5 nitrogen and oxygen atoms in total. The predicted molar refractivity (Wildman–Crippen MR) is 47.0 cm³/mol. The Labute approximate surface area is 81.3 Å². The van der Waals surface area contributed by atoms with E-state index in [9.17, 15) is 9.59 Å². The molecule has 0 aromatic carbocycles. The Morgan fingerprint density at radius 1 is 1.21 bits per heavy atom. The minimum Gasteiger partial charge on any atom is -0.480 e. The zero-order valence-corrected chi connectivity index (χ0v) is 7.72. The summed E-state index contributed by atoms with van der Waals surface area (Å²) in [6.45, 7) is 0.400. The quantitative estimate of drug-likeness (QED) is 0.656. The SMILES string of the molecule is O=C(O)C1C2CCCC2CN1C(=O)O. The van der Waals surface area contributed by atoms with Crippen molar-refractivity contribution < 1.29 is 19.8 Å². The first-order valence-electron chi connectivity index (χ1n) is 4.83. The summed E-state index contributed by atoms with van der Waals surface area (Å²) in [5, 5.41) is 17.8. The number of hydrogen-bond acceptors (Lipinski definition) is 2. The number of likely N-dealkylation sites (tertiary alicyclic amines) is 1. The highest BCUT2D eigenvalue weighted by molar-refractivity contribution is 5.80. The average Bonchev–Trinajstić information content (AvgIpc) is 2.58. The minimum atomic E-state index is -1.10. The third kappa shape index (κ3) is 1.23. The number of hydrogen-bond donors (Lipinski definition) is 2. The molecule has 0 aromatic heterocycles. The Hall–Kier alpha value is -1.26. The van der Waals surface area contributed by atoms with Crippen LogP contribution in [0.15, 0.2) is 0 Å². The number of rotatable bonds is 1. The molecule has 2 aliphatic rings. The normalized spacial score (nSPS) is 35.7. The molecule has 78 valence electrons. The monoisotopic (exact) mass is 199 g/mol. The fourth-order valence-corrected chi connectivity index (χ4v) is 2.82. The summed E-state index contributed by atoms with van der Waals surface area (Å²) in [6.07, 6.45) is 1.75. The van der Waals surface area contributed by atoms with Gasteiger partial charge in [-0.25, -0.2) is 9.59 Å². The highest BCUT2D eigenvalue weighted by atomic mass is 16.4. The molecule has 14 heavy (non-hydrogen) atoms. The average molecular weight is 199 g/mol. The smallest absolute Gasteiger partial charge is 0.408 e. The second-order valence-corrected chi connectivity index (χ2v) is 4.07. The molecule has 2 fully saturated rings. The van der Waals surface area contributed by atoms with E-state index in [-0.39, 0.29) is 11.8 Å². The van der Waals surface area contributed by atoms with Crippen molar-refractivity contribution in [2.45, 2.75) is 25.3 Å². The molecule has 1 saturated carbocycles. The van der Waals surface area contributed by atoms with E-state index >= 15 is 0 Å². The van der Waals surface area contributed by atoms with Gasteiger partial charge in [0, 0.05) is 6.54 Å². The maximum Gasteiger partial charge on any atom is 0.408 e. The first-order valence-corrected chi connectivity index (χ1v) is 4.83. The maximum absolute atomic E-state index is 11.0. The molecular weight excluding hydrogens is 186 g/mol. The highest BCUT2D eigenvalue weighted by Gasteiger charge is 2.49. The lowest BCUT2D eigenvalue weighted by atomic mass is 9.94. The molecule has 3 atom stereocenters. The van der Waals surface area contributed by atoms with Gasteiger partial charge in [0.05, 0.1) is 0 Å². The summed E-state index contributed by atoms with van der Waals surface area (Å²) in [5.41, 5.74) is 0. The van der Waals surface area contributed by atoms with Gasteiger partial charge >= 0.3 is 12.1 Å². The van der Waals surface area contributed by atoms with Crippen molar-refractivity contribution in [3.63, 3.8) is 0 Å². The molecule has 0 bridgehead atoms. The standard InChI is InChI=1S/C9H13NO4/c11-8(12)7-6-3-1-2-5(6)4-10(7)9(13)14/h5-7H,1-4H2,(H,11,12)(H,13,14). The molecule has 1 saturated heterocycles. The van der Waals surface area contributed by atoms with Gasteiger partial charge in [-0.05, 0) is 24.7 Å². The molecule has 5 heteroatoms. The summed E-state index contributed by atoms with van der Waals surface area (Å²) >= 11 is 0. The van der Waals surface area contributed by atoms with Crippen LogP contribution in [0.2, 0.25) is 0 Å². The van der Waals surface area contributed by atoms with Gasteiger partial charge in [-0.3, -0.25) is 4.90 Å². The van der Waals surface area contributed by atoms with Crippen molar-refractivity contribution in [1.29, 1.82) is 0 Å². The van der Waals surface area contributed by atoms with Gasteiger partial charge in [0.2, 0.25) is 0 Å². The van der Waals surface area contributed by atoms with Crippen LogP contribution in [0.1, 0.15) is 19.3 Å². The van der Waals surface area contributed by atoms with Crippen molar-refractivity contribution in [2.75, 3.05) is 6.54 Å². The number of aliphatic carboxylic acids is 1. The zero-order chi connectivity index (χ0) is 10.3. The van der Waals surface area contributed by atoms with Gasteiger partial charge in [0.15, 0.2) is 0 Å². The number of amides is 1. The van der Waals surface area contributed by atoms with Gasteiger partial charge in [-0.2, -0.15) is 0 Å². The van der Waals surface area contributed by atoms with E-state index in [1.54, 1.807) is 0 Å². The van der Waals surface area contributed by atoms with E-state index in [1.807, 2.05) is 0 Å². The second kappa shape index (κ2) is 3.15. The molecule has 1 amide bonds. The van der Waals surface area contributed by atoms with E-state index < -0.39 is 18.1 Å². The number of nitrogens with zero attached hydrogens (tertiary/aromatic N) is 1. The van der Waals surface area contributed by atoms with Gasteiger partial charge in [0.1, 0.15) is 6.04 Å². The second-order valence-electron chi connectivity index (χ2n) is 4.07. The number of carbonyl (C=O) groups is 2. The highest BCUT2D eigenvalue weighted by Crippen LogP contribution is 2.42. The first kappa shape index (κ1) is 9.30. The fourth-order valence-electron chi connectivity index (χ4n) is 2.82. The molecule has 1 heterocycles. The molecular formula is C9H13NO4. The first-order chi connectivity index (χ1) is 6.61. The van der Waals surface area contributed by atoms with Crippen LogP contribution < -0.4 is 0 Å². The lowest BCUT2D eigenvalue weighted by Crippen LogP contribution is -2.42. The van der Waals surface area contributed by atoms with Crippen molar-refractivity contribution in [2.24, 2.45) is 11.8 Å². The zero-order valence-electron chi connectivity index (χ0n) is 7.72. The Balaban J connectivity index is 2.21. The molecule has 1 aliphatic carbocycles. The van der Waals surface area contributed by atoms with Gasteiger partial charge in [-0.1, -0.05) is 6.42 Å². The minimum absolute atomic E-state index is 0.0450. The topological polar surface area (TPSA) is 77.8 Å². The lowest BCUT2D eigenvalue weighted by molar-refractivity contribution is -0.142. The third-order valence-electron chi connectivity index (χ3n) is 3.39. The van der Waals surface area contributed by atoms with E-state index in [0.717, 1.165) is 24.2 Å². The lowest BCUT2D eigenvalue weighted by Gasteiger charge is -2.20. The van der Waals surface area contributed by atoms with Crippen LogP contribution in [0.4, 0.5) is 4.79 Å². The predicted octanol–water partition coefficient (Wildman–Crippen LogP) is 0.850. The Morgan fingerprint density at radius 2 is 1.93 bits per heavy atom. The molecule has 0 radical (unpaired) electrons. The summed E-state index contributed by atoms with van der Waals surface area (Å²) in [6, 6.07) is -0.806. The number of fused-ring (bicyclic) bond motifs is 1. The van der Waals surface area contributed by atoms with Crippen LogP contribution in [0.25, 0.3) is 0 Å². The Bertz CT molecular complexity index is 278. The molecule has 2 N–H and O–H groups in total. The Morgan fingerprint density at radius 3 is 2.50 bits per heavy atom. The summed E-state index contributed by atoms with van der Waals surface area (Å²) < 4.78 is 0. The van der Waals surface area contributed by atoms with Crippen LogP contribution >= 0.6 is 0 Å². The fraction of sp³-hybridized carbons (Fsp3) is 0.778. The molecule has 0 spiro atoms. The molecule has 3 unspecified atom stereocenters. The number of carboxylic acids is 1. The maximum atomic E-state index is 11.0. The van der Waals surface area contributed by atoms with Crippen LogP contribution in [-0.2, 0) is 4.79 Å². The van der Waals surface area contributed by atoms with Crippen molar-refractivity contribution in [1.82, 2.24) is 4.90 Å². The van der Waals surface area contributed by atoms with E-state index in [1.165, 1.54) is 0 Å². The molecule has 2 rings (SSSR count). The van der Waals surface area contributed by atoms with Crippen molar-refractivity contribution in [3.8, 4) is 0 Å². The van der Waals surface area contributed by atoms with E-state index in [0.29, 0.717) is 6.54 Å². The van der Waals surface area contributed by atoms with E-state index in [4.69, 9.17) is 10.2 Å². The van der Waals surface area contributed by atoms with Gasteiger partial charge in [-0.15, -0.1) is 0 Å². The largest absolute Gasteiger partial charge is 0.480 e. The molecule has 1 aliphatic heterocycles. The van der Waals surface area contributed by atoms with Crippen LogP contribution in [0.3, 0.4) is 0 Å². The Kier molecular flexibility index (Phi) is 2.09. The van der Waals surface area contributed by atoms with Crippen molar-refractivity contribution in [3.05, 3.63) is 0 Å². The summed E-state index contributed by atoms with van der Waals surface area (Å²) in [4.78, 5) is 22.8. The van der Waals surface area contributed by atoms with Crippen LogP contribution in [0, 0.1) is 11.8 Å². The summed E-state index contributed by atoms with van der Waals surface area (Å²) in [5.74, 6) is -0.683. The number of carboxylic acid groups (broad SMARTS) is 2. The molecule has 0 aromatic rings. The van der Waals surface area contributed by atoms with Crippen molar-refractivity contribution >= 4 is 12.1 Å². The van der Waals surface area contributed by atoms with Gasteiger partial charge < -0.3 is 10.2 Å². The van der Waals surface area contributed by atoms with Crippen LogP contribution in [0.5, 0.6) is 0 Å². The third-order valence-corrected chi connectivity index (χ3v) is 3.39. The van der Waals surface area contributed by atoms with Crippen LogP contribution in [-0.4, -0.2) is 39.8 Å². The summed E-state index contributed by atoms with van der Waals surface area (Å²) in [7, 11) is 0. The van der Waals surface area contributed by atoms with Gasteiger partial charge in [0.25, 0.3) is 0 Å². The van der Waals surface area contributed by atoms with E-state index in [2.05, 4.69) is 0 Å².